The summed E-state index contributed by atoms with van der Waals surface area (Å²) < 4.78 is 5.46. The van der Waals surface area contributed by atoms with Crippen LogP contribution < -0.4 is 4.74 Å². The van der Waals surface area contributed by atoms with E-state index in [0.717, 1.165) is 82.7 Å². The van der Waals surface area contributed by atoms with E-state index in [9.17, 15) is 5.11 Å². The van der Waals surface area contributed by atoms with Crippen LogP contribution in [0.1, 0.15) is 48.8 Å². The lowest BCUT2D eigenvalue weighted by atomic mass is 9.71. The summed E-state index contributed by atoms with van der Waals surface area (Å²) in [6.45, 7) is 5.75. The summed E-state index contributed by atoms with van der Waals surface area (Å²) in [5.74, 6) is 0.899. The summed E-state index contributed by atoms with van der Waals surface area (Å²) >= 11 is 12.9. The van der Waals surface area contributed by atoms with Crippen molar-refractivity contribution in [2.45, 2.75) is 49.7 Å². The summed E-state index contributed by atoms with van der Waals surface area (Å²) in [5, 5.41) is 12.5. The van der Waals surface area contributed by atoms with E-state index in [2.05, 4.69) is 40.1 Å². The summed E-state index contributed by atoms with van der Waals surface area (Å²) in [5.41, 5.74) is 2.86. The number of benzene rings is 3. The fraction of sp³-hybridized carbons (Fsp3) is 0.438. The van der Waals surface area contributed by atoms with Crippen LogP contribution in [0.4, 0.5) is 0 Å². The van der Waals surface area contributed by atoms with Crippen molar-refractivity contribution in [1.82, 2.24) is 9.80 Å². The second-order valence-electron chi connectivity index (χ2n) is 11.1. The Balaban J connectivity index is 0.00000220. The van der Waals surface area contributed by atoms with E-state index in [1.165, 1.54) is 11.1 Å². The second-order valence-corrected chi connectivity index (χ2v) is 11.9. The minimum atomic E-state index is -0.725. The van der Waals surface area contributed by atoms with Crippen LogP contribution in [0.5, 0.6) is 5.75 Å². The lowest BCUT2D eigenvalue weighted by molar-refractivity contribution is -0.0280. The maximum atomic E-state index is 11.3. The molecule has 218 valence electrons. The van der Waals surface area contributed by atoms with Gasteiger partial charge in [0.25, 0.3) is 0 Å². The molecule has 0 aliphatic carbocycles. The first-order valence-corrected chi connectivity index (χ1v) is 14.5. The van der Waals surface area contributed by atoms with Gasteiger partial charge in [-0.25, -0.2) is 0 Å². The van der Waals surface area contributed by atoms with E-state index in [1.807, 2.05) is 42.5 Å². The van der Waals surface area contributed by atoms with E-state index in [4.69, 9.17) is 27.9 Å². The monoisotopic (exact) mass is 624 g/mol. The average molecular weight is 626 g/mol. The molecule has 4 nitrogen and oxygen atoms in total. The highest BCUT2D eigenvalue weighted by Crippen LogP contribution is 2.41. The van der Waals surface area contributed by atoms with E-state index >= 15 is 0 Å². The molecule has 0 bridgehead atoms. The molecule has 40 heavy (non-hydrogen) atoms. The number of aliphatic hydroxyl groups is 1. The van der Waals surface area contributed by atoms with Gasteiger partial charge in [-0.05, 0) is 86.1 Å². The molecule has 3 aromatic carbocycles. The molecular weight excluding hydrogens is 586 g/mol. The van der Waals surface area contributed by atoms with Crippen LogP contribution in [0.2, 0.25) is 10.0 Å². The molecule has 1 unspecified atom stereocenters. The third-order valence-corrected chi connectivity index (χ3v) is 9.37. The van der Waals surface area contributed by atoms with Crippen LogP contribution in [0, 0.1) is 0 Å². The number of ether oxygens (including phenoxy) is 1. The number of hydrogen-bond donors (Lipinski definition) is 1. The number of piperidine rings is 2. The van der Waals surface area contributed by atoms with Gasteiger partial charge in [0.15, 0.2) is 0 Å². The highest BCUT2D eigenvalue weighted by Gasteiger charge is 2.39. The zero-order valence-corrected chi connectivity index (χ0v) is 26.2. The van der Waals surface area contributed by atoms with Crippen molar-refractivity contribution in [3.63, 3.8) is 0 Å². The van der Waals surface area contributed by atoms with E-state index < -0.39 is 5.60 Å². The molecule has 1 N–H and O–H groups in total. The number of halogens is 4. The smallest absolute Gasteiger partial charge is 0.119 e. The van der Waals surface area contributed by atoms with E-state index in [-0.39, 0.29) is 30.2 Å². The van der Waals surface area contributed by atoms with Crippen molar-refractivity contribution < 1.29 is 9.84 Å². The van der Waals surface area contributed by atoms with Crippen molar-refractivity contribution in [2.75, 3.05) is 39.8 Å². The molecule has 0 saturated carbocycles. The highest BCUT2D eigenvalue weighted by molar-refractivity contribution is 6.42. The predicted octanol–water partition coefficient (Wildman–Crippen LogP) is 7.75. The quantitative estimate of drug-likeness (QED) is 0.278. The zero-order valence-electron chi connectivity index (χ0n) is 23.0. The van der Waals surface area contributed by atoms with E-state index in [1.54, 1.807) is 7.11 Å². The van der Waals surface area contributed by atoms with Gasteiger partial charge in [0.05, 0.1) is 22.8 Å². The first-order valence-electron chi connectivity index (χ1n) is 13.7. The van der Waals surface area contributed by atoms with Crippen molar-refractivity contribution in [2.24, 2.45) is 0 Å². The molecule has 2 saturated heterocycles. The van der Waals surface area contributed by atoms with Crippen molar-refractivity contribution >= 4 is 48.0 Å². The Morgan fingerprint density at radius 3 is 2.25 bits per heavy atom. The SMILES string of the molecule is COc1cccc(CN2CCCC(CCN3CCC(O)(c4ccccc4)CC3)(c3ccc(Cl)c(Cl)c3)C2)c1.Cl.Cl. The largest absolute Gasteiger partial charge is 0.497 e. The summed E-state index contributed by atoms with van der Waals surface area (Å²) in [6.07, 6.45) is 4.83. The maximum absolute atomic E-state index is 11.3. The average Bonchev–Trinajstić information content (AvgIpc) is 2.95. The minimum Gasteiger partial charge on any atom is -0.497 e. The molecule has 3 aromatic rings. The van der Waals surface area contributed by atoms with Gasteiger partial charge in [-0.3, -0.25) is 4.90 Å². The normalized spacial score (nSPS) is 21.2. The van der Waals surface area contributed by atoms with Gasteiger partial charge < -0.3 is 14.7 Å². The molecule has 0 spiro atoms. The van der Waals surface area contributed by atoms with Crippen LogP contribution >= 0.6 is 48.0 Å². The maximum Gasteiger partial charge on any atom is 0.119 e. The van der Waals surface area contributed by atoms with Crippen molar-refractivity contribution in [1.29, 1.82) is 0 Å². The zero-order chi connectivity index (χ0) is 26.6. The van der Waals surface area contributed by atoms with Crippen LogP contribution in [0.15, 0.2) is 72.8 Å². The molecule has 8 heteroatoms. The van der Waals surface area contributed by atoms with Gasteiger partial charge in [-0.15, -0.1) is 24.8 Å². The summed E-state index contributed by atoms with van der Waals surface area (Å²) in [4.78, 5) is 5.10. The van der Waals surface area contributed by atoms with Gasteiger partial charge in [-0.2, -0.15) is 0 Å². The van der Waals surface area contributed by atoms with Crippen LogP contribution in [0.25, 0.3) is 0 Å². The standard InChI is InChI=1S/C32H38Cl2N2O2.2ClH/c1-38-28-10-5-7-25(21-28)23-36-17-6-13-31(24-36,27-11-12-29(33)30(34)22-27)14-18-35-19-15-32(37,16-20-35)26-8-3-2-4-9-26;;/h2-5,7-12,21-22,37H,6,13-20,23-24H2,1H3;2*1H. The predicted molar refractivity (Wildman–Crippen MR) is 171 cm³/mol. The van der Waals surface area contributed by atoms with E-state index in [0.29, 0.717) is 10.0 Å². The van der Waals surface area contributed by atoms with Crippen molar-refractivity contribution in [3.8, 4) is 5.75 Å². The summed E-state index contributed by atoms with van der Waals surface area (Å²) in [6, 6.07) is 24.7. The Labute approximate surface area is 261 Å². The van der Waals surface area contributed by atoms with Crippen molar-refractivity contribution in [3.05, 3.63) is 99.5 Å². The lowest BCUT2D eigenvalue weighted by Crippen LogP contribution is -2.49. The Morgan fingerprint density at radius 2 is 1.55 bits per heavy atom. The van der Waals surface area contributed by atoms with Gasteiger partial charge in [0.1, 0.15) is 5.75 Å². The Bertz CT molecular complexity index is 1220. The summed E-state index contributed by atoms with van der Waals surface area (Å²) in [7, 11) is 1.72. The Hall–Kier alpha value is -1.50. The topological polar surface area (TPSA) is 35.9 Å². The Morgan fingerprint density at radius 1 is 0.800 bits per heavy atom. The van der Waals surface area contributed by atoms with Gasteiger partial charge in [0.2, 0.25) is 0 Å². The first kappa shape index (κ1) is 33.0. The molecule has 2 heterocycles. The first-order chi connectivity index (χ1) is 18.4. The highest BCUT2D eigenvalue weighted by atomic mass is 35.5. The minimum absolute atomic E-state index is 0. The van der Waals surface area contributed by atoms with Gasteiger partial charge >= 0.3 is 0 Å². The number of methoxy groups -OCH3 is 1. The lowest BCUT2D eigenvalue weighted by Gasteiger charge is -2.45. The fourth-order valence-electron chi connectivity index (χ4n) is 6.36. The third-order valence-electron chi connectivity index (χ3n) is 8.63. The fourth-order valence-corrected chi connectivity index (χ4v) is 6.66. The molecule has 0 amide bonds. The number of rotatable bonds is 8. The molecule has 2 aliphatic rings. The molecule has 0 radical (unpaired) electrons. The number of hydrogen-bond acceptors (Lipinski definition) is 4. The molecular formula is C32H40Cl4N2O2. The Kier molecular flexibility index (Phi) is 12.0. The number of nitrogens with zero attached hydrogens (tertiary/aromatic N) is 2. The van der Waals surface area contributed by atoms with Gasteiger partial charge in [-0.1, -0.05) is 71.7 Å². The van der Waals surface area contributed by atoms with Crippen LogP contribution in [-0.2, 0) is 17.6 Å². The molecule has 1 atom stereocenters. The molecule has 5 rings (SSSR count). The molecule has 2 fully saturated rings. The second kappa shape index (κ2) is 14.6. The van der Waals surface area contributed by atoms with Gasteiger partial charge in [0, 0.05) is 31.6 Å². The number of likely N-dealkylation sites (tertiary alicyclic amines) is 2. The molecule has 2 aliphatic heterocycles. The third kappa shape index (κ3) is 7.66. The molecule has 0 aromatic heterocycles. The van der Waals surface area contributed by atoms with Crippen LogP contribution in [-0.4, -0.2) is 54.7 Å². The van der Waals surface area contributed by atoms with Crippen LogP contribution in [0.3, 0.4) is 0 Å².